The normalized spacial score (nSPS) is 14.6. The maximum absolute atomic E-state index is 11.8. The van der Waals surface area contributed by atoms with Crippen molar-refractivity contribution in [2.75, 3.05) is 18.8 Å². The molecule has 0 radical (unpaired) electrons. The van der Waals surface area contributed by atoms with E-state index in [0.717, 1.165) is 19.5 Å². The van der Waals surface area contributed by atoms with Crippen LogP contribution in [-0.2, 0) is 4.79 Å². The summed E-state index contributed by atoms with van der Waals surface area (Å²) in [7, 11) is 0. The number of thioether (sulfide) groups is 1. The monoisotopic (exact) mass is 257 g/mol. The molecule has 1 saturated heterocycles. The van der Waals surface area contributed by atoms with Crippen molar-refractivity contribution in [3.05, 3.63) is 42.5 Å². The summed E-state index contributed by atoms with van der Waals surface area (Å²) < 4.78 is 0. The number of hydrogen-bond donors (Lipinski definition) is 0. The summed E-state index contributed by atoms with van der Waals surface area (Å²) in [5.41, 5.74) is 0. The molecule has 0 unspecified atom stereocenters. The molecule has 2 aromatic rings. The van der Waals surface area contributed by atoms with Gasteiger partial charge in [-0.25, -0.2) is 0 Å². The number of hydrogen-bond acceptors (Lipinski definition) is 2. The Hall–Kier alpha value is -1.48. The molecule has 0 bridgehead atoms. The van der Waals surface area contributed by atoms with Gasteiger partial charge in [0.1, 0.15) is 0 Å². The lowest BCUT2D eigenvalue weighted by atomic mass is 10.1. The topological polar surface area (TPSA) is 20.3 Å². The molecule has 1 aliphatic rings. The Morgan fingerprint density at radius 3 is 2.61 bits per heavy atom. The van der Waals surface area contributed by atoms with E-state index in [4.69, 9.17) is 0 Å². The van der Waals surface area contributed by atoms with E-state index in [9.17, 15) is 4.79 Å². The molecule has 3 heteroatoms. The maximum atomic E-state index is 11.8. The molecular weight excluding hydrogens is 242 g/mol. The predicted octanol–water partition coefficient (Wildman–Crippen LogP) is 3.16. The second-order valence-corrected chi connectivity index (χ2v) is 5.58. The lowest BCUT2D eigenvalue weighted by molar-refractivity contribution is -0.131. The SMILES string of the molecule is O=C(CSc1ccc2ccccc2c1)N1CCC1. The van der Waals surface area contributed by atoms with Crippen LogP contribution in [0.4, 0.5) is 0 Å². The largest absolute Gasteiger partial charge is 0.342 e. The smallest absolute Gasteiger partial charge is 0.232 e. The Morgan fingerprint density at radius 1 is 1.11 bits per heavy atom. The van der Waals surface area contributed by atoms with E-state index in [1.54, 1.807) is 11.8 Å². The fraction of sp³-hybridized carbons (Fsp3) is 0.267. The summed E-state index contributed by atoms with van der Waals surface area (Å²) in [4.78, 5) is 14.9. The summed E-state index contributed by atoms with van der Waals surface area (Å²) in [6.07, 6.45) is 1.16. The van der Waals surface area contributed by atoms with Crippen molar-refractivity contribution < 1.29 is 4.79 Å². The molecule has 2 aromatic carbocycles. The van der Waals surface area contributed by atoms with Gasteiger partial charge in [-0.3, -0.25) is 4.79 Å². The van der Waals surface area contributed by atoms with Crippen LogP contribution in [0.15, 0.2) is 47.4 Å². The number of rotatable bonds is 3. The quantitative estimate of drug-likeness (QED) is 0.787. The number of carbonyl (C=O) groups excluding carboxylic acids is 1. The highest BCUT2D eigenvalue weighted by atomic mass is 32.2. The maximum Gasteiger partial charge on any atom is 0.232 e. The first-order valence-corrected chi connectivity index (χ1v) is 7.21. The predicted molar refractivity (Wildman–Crippen MR) is 75.9 cm³/mol. The van der Waals surface area contributed by atoms with E-state index >= 15 is 0 Å². The molecule has 0 N–H and O–H groups in total. The first-order valence-electron chi connectivity index (χ1n) is 6.22. The van der Waals surface area contributed by atoms with Gasteiger partial charge in [-0.15, -0.1) is 11.8 Å². The highest BCUT2D eigenvalue weighted by Crippen LogP contribution is 2.24. The Labute approximate surface area is 111 Å². The second-order valence-electron chi connectivity index (χ2n) is 4.53. The van der Waals surface area contributed by atoms with Gasteiger partial charge in [-0.05, 0) is 29.3 Å². The van der Waals surface area contributed by atoms with E-state index in [-0.39, 0.29) is 5.91 Å². The van der Waals surface area contributed by atoms with Crippen LogP contribution in [0.25, 0.3) is 10.8 Å². The van der Waals surface area contributed by atoms with E-state index in [2.05, 4.69) is 30.3 Å². The first kappa shape index (κ1) is 11.6. The molecule has 0 aliphatic carbocycles. The van der Waals surface area contributed by atoms with Crippen LogP contribution < -0.4 is 0 Å². The number of nitrogens with zero attached hydrogens (tertiary/aromatic N) is 1. The zero-order valence-electron chi connectivity index (χ0n) is 10.1. The number of amides is 1. The van der Waals surface area contributed by atoms with Crippen LogP contribution in [0.1, 0.15) is 6.42 Å². The molecule has 18 heavy (non-hydrogen) atoms. The second kappa shape index (κ2) is 5.02. The summed E-state index contributed by atoms with van der Waals surface area (Å²) in [6.45, 7) is 1.88. The molecule has 1 amide bonds. The zero-order valence-corrected chi connectivity index (χ0v) is 11.0. The Balaban J connectivity index is 1.68. The van der Waals surface area contributed by atoms with Gasteiger partial charge in [0.25, 0.3) is 0 Å². The van der Waals surface area contributed by atoms with Gasteiger partial charge in [0, 0.05) is 18.0 Å². The summed E-state index contributed by atoms with van der Waals surface area (Å²) in [5.74, 6) is 0.817. The van der Waals surface area contributed by atoms with E-state index in [1.165, 1.54) is 15.7 Å². The summed E-state index contributed by atoms with van der Waals surface area (Å²) in [6, 6.07) is 14.7. The number of benzene rings is 2. The minimum absolute atomic E-state index is 0.263. The average molecular weight is 257 g/mol. The van der Waals surface area contributed by atoms with Crippen LogP contribution >= 0.6 is 11.8 Å². The Kier molecular flexibility index (Phi) is 3.24. The van der Waals surface area contributed by atoms with Gasteiger partial charge in [-0.2, -0.15) is 0 Å². The van der Waals surface area contributed by atoms with Gasteiger partial charge >= 0.3 is 0 Å². The first-order chi connectivity index (χ1) is 8.83. The van der Waals surface area contributed by atoms with Crippen molar-refractivity contribution in [2.45, 2.75) is 11.3 Å². The fourth-order valence-electron chi connectivity index (χ4n) is 2.06. The van der Waals surface area contributed by atoms with Crippen LogP contribution in [0, 0.1) is 0 Å². The van der Waals surface area contributed by atoms with Crippen LogP contribution in [-0.4, -0.2) is 29.6 Å². The van der Waals surface area contributed by atoms with Crippen molar-refractivity contribution in [1.29, 1.82) is 0 Å². The molecule has 1 heterocycles. The van der Waals surface area contributed by atoms with Crippen molar-refractivity contribution >= 4 is 28.4 Å². The average Bonchev–Trinajstić information content (AvgIpc) is 2.34. The van der Waals surface area contributed by atoms with E-state index in [1.807, 2.05) is 17.0 Å². The lowest BCUT2D eigenvalue weighted by Gasteiger charge is -2.30. The molecule has 1 fully saturated rings. The van der Waals surface area contributed by atoms with Crippen molar-refractivity contribution in [1.82, 2.24) is 4.90 Å². The molecule has 3 rings (SSSR count). The number of fused-ring (bicyclic) bond motifs is 1. The van der Waals surface area contributed by atoms with Gasteiger partial charge in [-0.1, -0.05) is 30.3 Å². The van der Waals surface area contributed by atoms with Gasteiger partial charge in [0.2, 0.25) is 5.91 Å². The highest BCUT2D eigenvalue weighted by Gasteiger charge is 2.19. The fourth-order valence-corrected chi connectivity index (χ4v) is 2.91. The van der Waals surface area contributed by atoms with Gasteiger partial charge in [0.15, 0.2) is 0 Å². The minimum Gasteiger partial charge on any atom is -0.342 e. The van der Waals surface area contributed by atoms with E-state index in [0.29, 0.717) is 5.75 Å². The third-order valence-corrected chi connectivity index (χ3v) is 4.27. The van der Waals surface area contributed by atoms with Gasteiger partial charge < -0.3 is 4.90 Å². The van der Waals surface area contributed by atoms with Crippen molar-refractivity contribution in [3.8, 4) is 0 Å². The van der Waals surface area contributed by atoms with Crippen LogP contribution in [0.3, 0.4) is 0 Å². The standard InChI is InChI=1S/C15H15NOS/c17-15(16-8-3-9-16)11-18-14-7-6-12-4-1-2-5-13(12)10-14/h1-2,4-7,10H,3,8-9,11H2. The third kappa shape index (κ3) is 2.36. The third-order valence-electron chi connectivity index (χ3n) is 3.29. The Morgan fingerprint density at radius 2 is 1.89 bits per heavy atom. The van der Waals surface area contributed by atoms with Crippen molar-refractivity contribution in [3.63, 3.8) is 0 Å². The van der Waals surface area contributed by atoms with Crippen LogP contribution in [0.2, 0.25) is 0 Å². The summed E-state index contributed by atoms with van der Waals surface area (Å²) >= 11 is 1.63. The molecule has 0 spiro atoms. The molecule has 0 atom stereocenters. The molecule has 1 aliphatic heterocycles. The molecule has 0 aromatic heterocycles. The zero-order chi connectivity index (χ0) is 12.4. The minimum atomic E-state index is 0.263. The highest BCUT2D eigenvalue weighted by molar-refractivity contribution is 8.00. The lowest BCUT2D eigenvalue weighted by Crippen LogP contribution is -2.42. The molecule has 92 valence electrons. The van der Waals surface area contributed by atoms with E-state index < -0.39 is 0 Å². The van der Waals surface area contributed by atoms with Crippen molar-refractivity contribution in [2.24, 2.45) is 0 Å². The molecular formula is C15H15NOS. The number of likely N-dealkylation sites (tertiary alicyclic amines) is 1. The van der Waals surface area contributed by atoms with Crippen LogP contribution in [0.5, 0.6) is 0 Å². The molecule has 0 saturated carbocycles. The summed E-state index contributed by atoms with van der Waals surface area (Å²) in [5, 5.41) is 2.48. The Bertz CT molecular complexity index is 577. The number of carbonyl (C=O) groups is 1. The van der Waals surface area contributed by atoms with Gasteiger partial charge in [0.05, 0.1) is 5.75 Å². The molecule has 2 nitrogen and oxygen atoms in total.